The van der Waals surface area contributed by atoms with Crippen LogP contribution >= 0.6 is 0 Å². The summed E-state index contributed by atoms with van der Waals surface area (Å²) in [6.45, 7) is 12.0. The maximum atomic E-state index is 12.6. The third-order valence-corrected chi connectivity index (χ3v) is 8.45. The highest BCUT2D eigenvalue weighted by Crippen LogP contribution is 2.25. The van der Waals surface area contributed by atoms with E-state index in [1.807, 2.05) is 20.8 Å². The maximum Gasteiger partial charge on any atom is 0.514 e. The Kier molecular flexibility index (Phi) is 19.0. The Bertz CT molecular complexity index is 1370. The van der Waals surface area contributed by atoms with Gasteiger partial charge in [-0.1, -0.05) is 13.8 Å². The van der Waals surface area contributed by atoms with Gasteiger partial charge in [0.25, 0.3) is 0 Å². The summed E-state index contributed by atoms with van der Waals surface area (Å²) >= 11 is 0. The summed E-state index contributed by atoms with van der Waals surface area (Å²) in [6.07, 6.45) is 4.19. The molecule has 0 bridgehead atoms. The summed E-state index contributed by atoms with van der Waals surface area (Å²) in [6, 6.07) is 13.4. The highest BCUT2D eigenvalue weighted by molar-refractivity contribution is 5.80. The number of carbonyl (C=O) groups excluding carboxylic acids is 4. The lowest BCUT2D eigenvalue weighted by Crippen LogP contribution is -2.39. The molecular formula is C40H58O12. The van der Waals surface area contributed by atoms with Crippen molar-refractivity contribution in [3.63, 3.8) is 0 Å². The number of methoxy groups -OCH3 is 2. The SMILES string of the molecule is COc1ccc(OC(=O)OC(C)(C)CCC(C)CCOC(=O)CCCCC(=O)OCCC(C)CCOC(C)(C)C(=O)Oc2ccc(OC)cc2)cc1. The van der Waals surface area contributed by atoms with Crippen molar-refractivity contribution in [2.24, 2.45) is 11.8 Å². The molecule has 290 valence electrons. The molecule has 0 saturated carbocycles. The van der Waals surface area contributed by atoms with E-state index in [2.05, 4.69) is 6.92 Å². The molecule has 0 aliphatic rings. The number of benzene rings is 2. The maximum absolute atomic E-state index is 12.6. The normalized spacial score (nSPS) is 12.6. The zero-order chi connectivity index (χ0) is 38.6. The fraction of sp³-hybridized carbons (Fsp3) is 0.600. The molecule has 0 fully saturated rings. The fourth-order valence-corrected chi connectivity index (χ4v) is 4.80. The minimum absolute atomic E-state index is 0.216. The summed E-state index contributed by atoms with van der Waals surface area (Å²) in [5, 5.41) is 0. The Morgan fingerprint density at radius 2 is 1.02 bits per heavy atom. The van der Waals surface area contributed by atoms with Crippen molar-refractivity contribution in [1.82, 2.24) is 0 Å². The minimum Gasteiger partial charge on any atom is -0.497 e. The molecule has 2 aromatic rings. The molecule has 2 unspecified atom stereocenters. The van der Waals surface area contributed by atoms with Gasteiger partial charge in [-0.2, -0.15) is 0 Å². The second-order valence-corrected chi connectivity index (χ2v) is 14.1. The lowest BCUT2D eigenvalue weighted by molar-refractivity contribution is -0.158. The van der Waals surface area contributed by atoms with Crippen molar-refractivity contribution >= 4 is 24.1 Å². The highest BCUT2D eigenvalue weighted by Gasteiger charge is 2.31. The first kappa shape index (κ1) is 43.8. The molecule has 0 saturated heterocycles. The summed E-state index contributed by atoms with van der Waals surface area (Å²) in [7, 11) is 3.12. The van der Waals surface area contributed by atoms with Crippen LogP contribution in [0.4, 0.5) is 4.79 Å². The van der Waals surface area contributed by atoms with Crippen molar-refractivity contribution in [2.75, 3.05) is 34.0 Å². The van der Waals surface area contributed by atoms with Crippen LogP contribution in [0.15, 0.2) is 48.5 Å². The number of hydrogen-bond donors (Lipinski definition) is 0. The largest absolute Gasteiger partial charge is 0.514 e. The Hall–Kier alpha value is -4.32. The third-order valence-electron chi connectivity index (χ3n) is 8.45. The van der Waals surface area contributed by atoms with E-state index in [1.165, 1.54) is 0 Å². The van der Waals surface area contributed by atoms with E-state index in [-0.39, 0.29) is 36.6 Å². The highest BCUT2D eigenvalue weighted by atomic mass is 16.7. The molecule has 2 rings (SSSR count). The van der Waals surface area contributed by atoms with E-state index in [0.717, 1.165) is 6.42 Å². The minimum atomic E-state index is -1.12. The average molecular weight is 731 g/mol. The van der Waals surface area contributed by atoms with Crippen LogP contribution in [-0.2, 0) is 33.3 Å². The van der Waals surface area contributed by atoms with Gasteiger partial charge in [0.15, 0.2) is 5.60 Å². The molecule has 0 amide bonds. The van der Waals surface area contributed by atoms with Crippen LogP contribution in [0, 0.1) is 11.8 Å². The molecule has 0 aromatic heterocycles. The molecule has 12 heteroatoms. The molecule has 12 nitrogen and oxygen atoms in total. The lowest BCUT2D eigenvalue weighted by atomic mass is 9.94. The van der Waals surface area contributed by atoms with Crippen LogP contribution < -0.4 is 18.9 Å². The van der Waals surface area contributed by atoms with Crippen LogP contribution in [0.2, 0.25) is 0 Å². The zero-order valence-corrected chi connectivity index (χ0v) is 32.2. The molecule has 0 heterocycles. The van der Waals surface area contributed by atoms with E-state index < -0.39 is 23.3 Å². The second kappa shape index (κ2) is 22.6. The van der Waals surface area contributed by atoms with Gasteiger partial charge in [0.05, 0.1) is 27.4 Å². The number of ether oxygens (including phenoxy) is 8. The van der Waals surface area contributed by atoms with Crippen molar-refractivity contribution in [3.05, 3.63) is 48.5 Å². The van der Waals surface area contributed by atoms with Gasteiger partial charge in [-0.15, -0.1) is 0 Å². The molecule has 2 atom stereocenters. The zero-order valence-electron chi connectivity index (χ0n) is 32.2. The number of carbonyl (C=O) groups is 4. The van der Waals surface area contributed by atoms with Gasteiger partial charge in [0.1, 0.15) is 28.6 Å². The Morgan fingerprint density at radius 3 is 1.50 bits per heavy atom. The van der Waals surface area contributed by atoms with Crippen molar-refractivity contribution in [2.45, 2.75) is 111 Å². The molecule has 0 aliphatic heterocycles. The summed E-state index contributed by atoms with van der Waals surface area (Å²) in [4.78, 5) is 49.1. The summed E-state index contributed by atoms with van der Waals surface area (Å²) < 4.78 is 43.0. The van der Waals surface area contributed by atoms with Gasteiger partial charge in [-0.25, -0.2) is 9.59 Å². The third kappa shape index (κ3) is 18.3. The molecule has 0 radical (unpaired) electrons. The van der Waals surface area contributed by atoms with Gasteiger partial charge in [-0.05, 0) is 133 Å². The van der Waals surface area contributed by atoms with E-state index in [0.29, 0.717) is 81.3 Å². The fourth-order valence-electron chi connectivity index (χ4n) is 4.80. The standard InChI is InChI=1S/C40H58O12/c1-29(21-25-39(3,4)52-38(44)51-34-19-15-32(46-8)16-20-34)22-26-47-35(41)11-9-10-12-36(42)48-27-23-30(2)24-28-49-40(5,6)37(43)50-33-17-13-31(45-7)14-18-33/h13-20,29-30H,9-12,21-28H2,1-8H3. The van der Waals surface area contributed by atoms with Crippen LogP contribution in [0.1, 0.15) is 99.3 Å². The van der Waals surface area contributed by atoms with E-state index in [4.69, 9.17) is 37.9 Å². The summed E-state index contributed by atoms with van der Waals surface area (Å²) in [5.74, 6) is 1.49. The number of esters is 3. The monoisotopic (exact) mass is 730 g/mol. The predicted octanol–water partition coefficient (Wildman–Crippen LogP) is 8.27. The molecule has 52 heavy (non-hydrogen) atoms. The summed E-state index contributed by atoms with van der Waals surface area (Å²) in [5.41, 5.74) is -1.84. The van der Waals surface area contributed by atoms with Gasteiger partial charge in [0, 0.05) is 19.4 Å². The van der Waals surface area contributed by atoms with E-state index >= 15 is 0 Å². The van der Waals surface area contributed by atoms with Gasteiger partial charge in [-0.3, -0.25) is 9.59 Å². The van der Waals surface area contributed by atoms with E-state index in [1.54, 1.807) is 76.6 Å². The van der Waals surface area contributed by atoms with Crippen LogP contribution in [0.3, 0.4) is 0 Å². The van der Waals surface area contributed by atoms with Crippen LogP contribution in [-0.4, -0.2) is 69.3 Å². The molecule has 0 aliphatic carbocycles. The van der Waals surface area contributed by atoms with Gasteiger partial charge >= 0.3 is 24.1 Å². The first-order chi connectivity index (χ1) is 24.6. The topological polar surface area (TPSA) is 142 Å². The van der Waals surface area contributed by atoms with Gasteiger partial charge < -0.3 is 37.9 Å². The van der Waals surface area contributed by atoms with Crippen molar-refractivity contribution < 1.29 is 57.1 Å². The molecule has 0 N–H and O–H groups in total. The Balaban J connectivity index is 1.49. The number of hydrogen-bond acceptors (Lipinski definition) is 12. The molecular weight excluding hydrogens is 672 g/mol. The predicted molar refractivity (Wildman–Crippen MR) is 195 cm³/mol. The Morgan fingerprint density at radius 1 is 0.596 bits per heavy atom. The van der Waals surface area contributed by atoms with Gasteiger partial charge in [0.2, 0.25) is 0 Å². The molecule has 2 aromatic carbocycles. The second-order valence-electron chi connectivity index (χ2n) is 14.1. The first-order valence-electron chi connectivity index (χ1n) is 18.0. The van der Waals surface area contributed by atoms with Crippen molar-refractivity contribution in [3.8, 4) is 23.0 Å². The van der Waals surface area contributed by atoms with Crippen molar-refractivity contribution in [1.29, 1.82) is 0 Å². The first-order valence-corrected chi connectivity index (χ1v) is 18.0. The number of unbranched alkanes of at least 4 members (excludes halogenated alkanes) is 1. The van der Waals surface area contributed by atoms with Crippen LogP contribution in [0.5, 0.6) is 23.0 Å². The lowest BCUT2D eigenvalue weighted by Gasteiger charge is -2.26. The van der Waals surface area contributed by atoms with E-state index in [9.17, 15) is 19.2 Å². The average Bonchev–Trinajstić information content (AvgIpc) is 3.09. The quantitative estimate of drug-likeness (QED) is 0.0337. The molecule has 0 spiro atoms. The van der Waals surface area contributed by atoms with Crippen LogP contribution in [0.25, 0.3) is 0 Å². The number of rotatable bonds is 24. The smallest absolute Gasteiger partial charge is 0.497 e. The Labute approximate surface area is 308 Å².